The van der Waals surface area contributed by atoms with Crippen LogP contribution in [-0.2, 0) is 4.74 Å². The summed E-state index contributed by atoms with van der Waals surface area (Å²) in [6, 6.07) is 0. The Morgan fingerprint density at radius 1 is 0.929 bits per heavy atom. The minimum atomic E-state index is -0.469. The van der Waals surface area contributed by atoms with Crippen LogP contribution in [0.1, 0.15) is 90.9 Å². The largest absolute Gasteiger partial charge is 0.396 e. The van der Waals surface area contributed by atoms with Crippen molar-refractivity contribution in [3.8, 4) is 0 Å². The minimum Gasteiger partial charge on any atom is -0.396 e. The maximum absolute atomic E-state index is 10.8. The topological polar surface area (TPSA) is 49.7 Å². The maximum atomic E-state index is 10.8. The van der Waals surface area contributed by atoms with Gasteiger partial charge >= 0.3 is 0 Å². The van der Waals surface area contributed by atoms with E-state index in [2.05, 4.69) is 13.8 Å². The molecule has 0 spiro atoms. The number of fused-ring (bicyclic) bond motifs is 5. The highest BCUT2D eigenvalue weighted by Gasteiger charge is 2.62. The molecular formula is C25H44O3. The Morgan fingerprint density at radius 3 is 2.50 bits per heavy atom. The summed E-state index contributed by atoms with van der Waals surface area (Å²) in [7, 11) is 1.89. The Balaban J connectivity index is 1.55. The van der Waals surface area contributed by atoms with E-state index in [-0.39, 0.29) is 0 Å². The molecule has 4 aliphatic carbocycles. The zero-order valence-electron chi connectivity index (χ0n) is 18.6. The summed E-state index contributed by atoms with van der Waals surface area (Å²) in [5, 5.41) is 19.9. The highest BCUT2D eigenvalue weighted by atomic mass is 16.5. The first-order valence-corrected chi connectivity index (χ1v) is 12.2. The Kier molecular flexibility index (Phi) is 5.92. The number of aliphatic hydroxyl groups is 2. The Morgan fingerprint density at radius 2 is 1.75 bits per heavy atom. The SMILES string of the molecule is COC[C@]12CC[C@](C)(O)C[C@@H]1CC[C@H]1[C@@H]3CC[C@H](CCCCO)[C@@]3(C)CC[C@@H]12. The van der Waals surface area contributed by atoms with Crippen LogP contribution < -0.4 is 0 Å². The Hall–Kier alpha value is -0.120. The minimum absolute atomic E-state index is 0.316. The lowest BCUT2D eigenvalue weighted by atomic mass is 9.43. The molecule has 0 bridgehead atoms. The average molecular weight is 393 g/mol. The molecule has 0 saturated heterocycles. The fourth-order valence-corrected chi connectivity index (χ4v) is 8.87. The van der Waals surface area contributed by atoms with Crippen molar-refractivity contribution in [3.63, 3.8) is 0 Å². The maximum Gasteiger partial charge on any atom is 0.0622 e. The van der Waals surface area contributed by atoms with Crippen LogP contribution in [0.2, 0.25) is 0 Å². The fraction of sp³-hybridized carbons (Fsp3) is 1.00. The van der Waals surface area contributed by atoms with Crippen LogP contribution in [0.4, 0.5) is 0 Å². The van der Waals surface area contributed by atoms with E-state index in [1.807, 2.05) is 7.11 Å². The number of ether oxygens (including phenoxy) is 1. The van der Waals surface area contributed by atoms with E-state index < -0.39 is 5.60 Å². The van der Waals surface area contributed by atoms with Crippen molar-refractivity contribution in [2.24, 2.45) is 40.4 Å². The van der Waals surface area contributed by atoms with Gasteiger partial charge in [-0.2, -0.15) is 0 Å². The molecular weight excluding hydrogens is 348 g/mol. The third-order valence-corrected chi connectivity index (χ3v) is 10.2. The summed E-state index contributed by atoms with van der Waals surface area (Å²) in [5.74, 6) is 4.08. The molecule has 0 aromatic rings. The van der Waals surface area contributed by atoms with Gasteiger partial charge in [-0.05, 0) is 118 Å². The molecule has 162 valence electrons. The quantitative estimate of drug-likeness (QED) is 0.612. The molecule has 4 rings (SSSR count). The number of unbranched alkanes of at least 4 members (excludes halogenated alkanes) is 1. The van der Waals surface area contributed by atoms with E-state index in [1.165, 1.54) is 51.4 Å². The summed E-state index contributed by atoms with van der Waals surface area (Å²) in [6.07, 6.45) is 14.8. The molecule has 4 saturated carbocycles. The van der Waals surface area contributed by atoms with Gasteiger partial charge in [0.25, 0.3) is 0 Å². The van der Waals surface area contributed by atoms with Gasteiger partial charge in [0.15, 0.2) is 0 Å². The zero-order valence-corrected chi connectivity index (χ0v) is 18.6. The zero-order chi connectivity index (χ0) is 20.0. The van der Waals surface area contributed by atoms with Crippen molar-refractivity contribution in [2.45, 2.75) is 96.5 Å². The second kappa shape index (κ2) is 7.85. The van der Waals surface area contributed by atoms with E-state index >= 15 is 0 Å². The molecule has 3 nitrogen and oxygen atoms in total. The monoisotopic (exact) mass is 392 g/mol. The first-order chi connectivity index (χ1) is 13.4. The average Bonchev–Trinajstić information content (AvgIpc) is 2.99. The molecule has 0 radical (unpaired) electrons. The van der Waals surface area contributed by atoms with Crippen LogP contribution in [0, 0.1) is 40.4 Å². The van der Waals surface area contributed by atoms with E-state index in [1.54, 1.807) is 0 Å². The number of hydrogen-bond donors (Lipinski definition) is 2. The van der Waals surface area contributed by atoms with Gasteiger partial charge in [-0.1, -0.05) is 13.3 Å². The van der Waals surface area contributed by atoms with Crippen molar-refractivity contribution in [1.82, 2.24) is 0 Å². The van der Waals surface area contributed by atoms with E-state index in [9.17, 15) is 10.2 Å². The molecule has 0 aromatic heterocycles. The lowest BCUT2D eigenvalue weighted by Crippen LogP contribution is -2.58. The molecule has 0 heterocycles. The second-order valence-electron chi connectivity index (χ2n) is 11.6. The van der Waals surface area contributed by atoms with Gasteiger partial charge in [0.2, 0.25) is 0 Å². The van der Waals surface area contributed by atoms with Crippen LogP contribution >= 0.6 is 0 Å². The normalized spacial score (nSPS) is 50.7. The van der Waals surface area contributed by atoms with Gasteiger partial charge in [0.05, 0.1) is 12.2 Å². The molecule has 2 N–H and O–H groups in total. The third kappa shape index (κ3) is 3.38. The Labute approximate surface area is 172 Å². The van der Waals surface area contributed by atoms with Crippen LogP contribution in [0.5, 0.6) is 0 Å². The molecule has 0 amide bonds. The molecule has 0 unspecified atom stereocenters. The smallest absolute Gasteiger partial charge is 0.0622 e. The standard InChI is InChI=1S/C25H44O3/c1-23(27)13-14-25(17-28-3)19(16-23)7-9-20-21-10-8-18(6-4-5-15-26)24(21,2)12-11-22(20)25/h18-22,26-27H,4-17H2,1-3H3/t18-,19-,20-,21-,22-,23-,24+,25+/m0/s1. The van der Waals surface area contributed by atoms with Gasteiger partial charge in [0.1, 0.15) is 0 Å². The molecule has 0 aliphatic heterocycles. The van der Waals surface area contributed by atoms with E-state index in [0.29, 0.717) is 23.4 Å². The molecule has 28 heavy (non-hydrogen) atoms. The lowest BCUT2D eigenvalue weighted by molar-refractivity contribution is -0.174. The number of methoxy groups -OCH3 is 1. The van der Waals surface area contributed by atoms with Crippen molar-refractivity contribution in [1.29, 1.82) is 0 Å². The van der Waals surface area contributed by atoms with Gasteiger partial charge in [-0.25, -0.2) is 0 Å². The second-order valence-corrected chi connectivity index (χ2v) is 11.6. The first-order valence-electron chi connectivity index (χ1n) is 12.2. The molecule has 8 atom stereocenters. The van der Waals surface area contributed by atoms with Gasteiger partial charge < -0.3 is 14.9 Å². The van der Waals surface area contributed by atoms with Crippen molar-refractivity contribution < 1.29 is 14.9 Å². The van der Waals surface area contributed by atoms with Crippen LogP contribution in [0.15, 0.2) is 0 Å². The van der Waals surface area contributed by atoms with Crippen molar-refractivity contribution in [3.05, 3.63) is 0 Å². The van der Waals surface area contributed by atoms with Gasteiger partial charge in [-0.15, -0.1) is 0 Å². The van der Waals surface area contributed by atoms with Crippen LogP contribution in [-0.4, -0.2) is 36.1 Å². The summed E-state index contributed by atoms with van der Waals surface area (Å²) in [4.78, 5) is 0. The van der Waals surface area contributed by atoms with Gasteiger partial charge in [-0.3, -0.25) is 0 Å². The fourth-order valence-electron chi connectivity index (χ4n) is 8.87. The highest BCUT2D eigenvalue weighted by molar-refractivity contribution is 5.11. The summed E-state index contributed by atoms with van der Waals surface area (Å²) < 4.78 is 5.88. The van der Waals surface area contributed by atoms with Crippen LogP contribution in [0.25, 0.3) is 0 Å². The lowest BCUT2D eigenvalue weighted by Gasteiger charge is -2.62. The molecule has 3 heteroatoms. The summed E-state index contributed by atoms with van der Waals surface area (Å²) in [5.41, 5.74) is 0.372. The van der Waals surface area contributed by atoms with Gasteiger partial charge in [0, 0.05) is 13.7 Å². The number of hydrogen-bond acceptors (Lipinski definition) is 3. The summed E-state index contributed by atoms with van der Waals surface area (Å²) >= 11 is 0. The molecule has 4 fully saturated rings. The number of aliphatic hydroxyl groups excluding tert-OH is 1. The van der Waals surface area contributed by atoms with E-state index in [4.69, 9.17) is 4.74 Å². The molecule has 4 aliphatic rings. The predicted octanol–water partition coefficient (Wildman–Crippen LogP) is 5.19. The van der Waals surface area contributed by atoms with Crippen molar-refractivity contribution >= 4 is 0 Å². The molecule has 0 aromatic carbocycles. The van der Waals surface area contributed by atoms with Crippen molar-refractivity contribution in [2.75, 3.05) is 20.3 Å². The predicted molar refractivity (Wildman–Crippen MR) is 113 cm³/mol. The Bertz CT molecular complexity index is 546. The van der Waals surface area contributed by atoms with E-state index in [0.717, 1.165) is 56.0 Å². The number of rotatable bonds is 6. The van der Waals surface area contributed by atoms with Crippen LogP contribution in [0.3, 0.4) is 0 Å². The summed E-state index contributed by atoms with van der Waals surface area (Å²) in [6.45, 7) is 5.92. The first kappa shape index (κ1) is 21.1. The highest BCUT2D eigenvalue weighted by Crippen LogP contribution is 2.68. The third-order valence-electron chi connectivity index (χ3n) is 10.2.